The second-order valence-electron chi connectivity index (χ2n) is 2.83. The van der Waals surface area contributed by atoms with Gasteiger partial charge in [-0.15, -0.1) is 0 Å². The molecule has 0 saturated heterocycles. The van der Waals surface area contributed by atoms with Gasteiger partial charge >= 0.3 is 0 Å². The first kappa shape index (κ1) is 14.9. The molecule has 1 heterocycles. The van der Waals surface area contributed by atoms with E-state index in [0.717, 1.165) is 0 Å². The maximum atomic E-state index is 2.20. The Labute approximate surface area is 104 Å². The highest BCUT2D eigenvalue weighted by Gasteiger charge is 1.99. The van der Waals surface area contributed by atoms with Crippen LogP contribution >= 0.6 is 11.3 Å². The van der Waals surface area contributed by atoms with Crippen molar-refractivity contribution in [3.8, 4) is 11.1 Å². The van der Waals surface area contributed by atoms with Crippen molar-refractivity contribution in [3.05, 3.63) is 46.7 Å². The summed E-state index contributed by atoms with van der Waals surface area (Å²) in [5, 5.41) is 4.38. The quantitative estimate of drug-likeness (QED) is 0.587. The Morgan fingerprint density at radius 3 is 1.81 bits per heavy atom. The fraction of sp³-hybridized carbons (Fsp3) is 0.333. The Kier molecular flexibility index (Phi) is 8.55. The first-order valence-corrected chi connectivity index (χ1v) is 6.90. The van der Waals surface area contributed by atoms with Gasteiger partial charge in [0.05, 0.1) is 0 Å². The van der Waals surface area contributed by atoms with Crippen LogP contribution in [-0.4, -0.2) is 0 Å². The zero-order valence-electron chi connectivity index (χ0n) is 10.9. The van der Waals surface area contributed by atoms with Crippen LogP contribution in [0, 0.1) is 6.92 Å². The van der Waals surface area contributed by atoms with Crippen molar-refractivity contribution in [2.24, 2.45) is 0 Å². The van der Waals surface area contributed by atoms with E-state index in [2.05, 4.69) is 41.9 Å². The lowest BCUT2D eigenvalue weighted by atomic mass is 10.1. The highest BCUT2D eigenvalue weighted by atomic mass is 32.1. The van der Waals surface area contributed by atoms with Gasteiger partial charge in [0.15, 0.2) is 0 Å². The van der Waals surface area contributed by atoms with Gasteiger partial charge in [0, 0.05) is 0 Å². The summed E-state index contributed by atoms with van der Waals surface area (Å²) in [7, 11) is 0. The molecule has 0 unspecified atom stereocenters. The van der Waals surface area contributed by atoms with Gasteiger partial charge in [-0.3, -0.25) is 0 Å². The van der Waals surface area contributed by atoms with Crippen molar-refractivity contribution < 1.29 is 0 Å². The van der Waals surface area contributed by atoms with Crippen LogP contribution < -0.4 is 0 Å². The van der Waals surface area contributed by atoms with Crippen molar-refractivity contribution in [2.75, 3.05) is 0 Å². The molecule has 0 bridgehead atoms. The van der Waals surface area contributed by atoms with Crippen LogP contribution in [0.1, 0.15) is 33.3 Å². The molecule has 0 aliphatic carbocycles. The molecule has 0 nitrogen and oxygen atoms in total. The van der Waals surface area contributed by atoms with Crippen molar-refractivity contribution >= 4 is 11.3 Å². The Bertz CT molecular complexity index is 360. The average molecular weight is 234 g/mol. The smallest absolute Gasteiger partial charge is 0.00120 e. The van der Waals surface area contributed by atoms with Gasteiger partial charge in [-0.25, -0.2) is 0 Å². The molecule has 2 rings (SSSR count). The monoisotopic (exact) mass is 234 g/mol. The summed E-state index contributed by atoms with van der Waals surface area (Å²) in [4.78, 5) is 0. The van der Waals surface area contributed by atoms with Crippen LogP contribution in [0.5, 0.6) is 0 Å². The fourth-order valence-corrected chi connectivity index (χ4v) is 2.13. The van der Waals surface area contributed by atoms with E-state index in [-0.39, 0.29) is 0 Å². The number of aryl methyl sites for hydroxylation is 1. The predicted octanol–water partition coefficient (Wildman–Crippen LogP) is 5.78. The van der Waals surface area contributed by atoms with Gasteiger partial charge in [-0.2, -0.15) is 11.3 Å². The lowest BCUT2D eigenvalue weighted by molar-refractivity contribution is 1.50. The molecule has 0 radical (unpaired) electrons. The van der Waals surface area contributed by atoms with Gasteiger partial charge in [-0.1, -0.05) is 58.0 Å². The second-order valence-corrected chi connectivity index (χ2v) is 3.58. The van der Waals surface area contributed by atoms with E-state index in [0.29, 0.717) is 0 Å². The normalized spacial score (nSPS) is 8.31. The van der Waals surface area contributed by atoms with Crippen molar-refractivity contribution in [1.82, 2.24) is 0 Å². The fourth-order valence-electron chi connectivity index (χ4n) is 1.27. The first-order valence-electron chi connectivity index (χ1n) is 5.96. The number of rotatable bonds is 1. The molecule has 1 heteroatoms. The van der Waals surface area contributed by atoms with E-state index in [9.17, 15) is 0 Å². The van der Waals surface area contributed by atoms with E-state index in [1.807, 2.05) is 33.8 Å². The molecule has 0 N–H and O–H groups in total. The van der Waals surface area contributed by atoms with Gasteiger partial charge < -0.3 is 0 Å². The van der Waals surface area contributed by atoms with E-state index in [1.165, 1.54) is 16.7 Å². The highest BCUT2D eigenvalue weighted by molar-refractivity contribution is 7.08. The van der Waals surface area contributed by atoms with Crippen LogP contribution in [0.15, 0.2) is 41.1 Å². The topological polar surface area (TPSA) is 0 Å². The molecule has 0 amide bonds. The van der Waals surface area contributed by atoms with Gasteiger partial charge in [-0.05, 0) is 34.4 Å². The third-order valence-electron chi connectivity index (χ3n) is 1.94. The van der Waals surface area contributed by atoms with E-state index >= 15 is 0 Å². The average Bonchev–Trinajstić information content (AvgIpc) is 2.82. The van der Waals surface area contributed by atoms with E-state index in [1.54, 1.807) is 11.3 Å². The summed E-state index contributed by atoms with van der Waals surface area (Å²) in [6.45, 7) is 10.2. The molecule has 16 heavy (non-hydrogen) atoms. The lowest BCUT2D eigenvalue weighted by Gasteiger charge is -1.97. The SMILES string of the molecule is CC.CC.Cc1cscc1-c1ccccc1. The molecule has 1 aromatic heterocycles. The third kappa shape index (κ3) is 4.19. The summed E-state index contributed by atoms with van der Waals surface area (Å²) in [6, 6.07) is 10.5. The van der Waals surface area contributed by atoms with Crippen LogP contribution in [0.4, 0.5) is 0 Å². The molecule has 0 saturated carbocycles. The number of benzene rings is 1. The summed E-state index contributed by atoms with van der Waals surface area (Å²) in [5.74, 6) is 0. The Morgan fingerprint density at radius 1 is 0.812 bits per heavy atom. The van der Waals surface area contributed by atoms with Crippen molar-refractivity contribution in [2.45, 2.75) is 34.6 Å². The zero-order chi connectivity index (χ0) is 12.4. The van der Waals surface area contributed by atoms with E-state index < -0.39 is 0 Å². The van der Waals surface area contributed by atoms with Crippen LogP contribution in [0.2, 0.25) is 0 Å². The lowest BCUT2D eigenvalue weighted by Crippen LogP contribution is -1.74. The molecule has 1 aromatic carbocycles. The largest absolute Gasteiger partial charge is 0.151 e. The highest BCUT2D eigenvalue weighted by Crippen LogP contribution is 2.25. The van der Waals surface area contributed by atoms with Gasteiger partial charge in [0.1, 0.15) is 0 Å². The van der Waals surface area contributed by atoms with Gasteiger partial charge in [0.25, 0.3) is 0 Å². The maximum Gasteiger partial charge on any atom is -0.00120 e. The summed E-state index contributed by atoms with van der Waals surface area (Å²) in [6.07, 6.45) is 0. The molecule has 2 aromatic rings. The summed E-state index contributed by atoms with van der Waals surface area (Å²) in [5.41, 5.74) is 4.04. The Morgan fingerprint density at radius 2 is 1.38 bits per heavy atom. The number of thiophene rings is 1. The minimum Gasteiger partial charge on any atom is -0.151 e. The molecule has 0 aliphatic heterocycles. The molecule has 0 fully saturated rings. The summed E-state index contributed by atoms with van der Waals surface area (Å²) >= 11 is 1.76. The number of hydrogen-bond acceptors (Lipinski definition) is 1. The second kappa shape index (κ2) is 9.17. The van der Waals surface area contributed by atoms with Crippen LogP contribution in [-0.2, 0) is 0 Å². The zero-order valence-corrected chi connectivity index (χ0v) is 11.8. The minimum absolute atomic E-state index is 1.32. The maximum absolute atomic E-state index is 2.20. The first-order chi connectivity index (χ1) is 7.88. The van der Waals surface area contributed by atoms with Crippen molar-refractivity contribution in [3.63, 3.8) is 0 Å². The Hall–Kier alpha value is -1.08. The molecule has 0 spiro atoms. The molecule has 0 aliphatic rings. The van der Waals surface area contributed by atoms with Crippen molar-refractivity contribution in [1.29, 1.82) is 0 Å². The van der Waals surface area contributed by atoms with Crippen LogP contribution in [0.25, 0.3) is 11.1 Å². The molecular weight excluding hydrogens is 212 g/mol. The molecule has 88 valence electrons. The predicted molar refractivity (Wildman–Crippen MR) is 77.2 cm³/mol. The summed E-state index contributed by atoms with van der Waals surface area (Å²) < 4.78 is 0. The van der Waals surface area contributed by atoms with Crippen LogP contribution in [0.3, 0.4) is 0 Å². The van der Waals surface area contributed by atoms with Gasteiger partial charge in [0.2, 0.25) is 0 Å². The molecule has 0 atom stereocenters. The van der Waals surface area contributed by atoms with E-state index in [4.69, 9.17) is 0 Å². The standard InChI is InChI=1S/C11H10S.2C2H6/c1-9-7-12-8-11(9)10-5-3-2-4-6-10;2*1-2/h2-8H,1H3;2*1-2H3. The molecular formula is C15H22S. The third-order valence-corrected chi connectivity index (χ3v) is 2.80. The Balaban J connectivity index is 0.000000509. The number of hydrogen-bond donors (Lipinski definition) is 0. The minimum atomic E-state index is 1.32.